The normalized spacial score (nSPS) is 15.6. The molecule has 1 aliphatic heterocycles. The topological polar surface area (TPSA) is 93.6 Å². The van der Waals surface area contributed by atoms with Crippen molar-refractivity contribution in [2.75, 3.05) is 33.6 Å². The first kappa shape index (κ1) is 30.0. The fourth-order valence-corrected chi connectivity index (χ4v) is 5.99. The molecule has 1 aliphatic rings. The maximum atomic E-state index is 14.6. The third-order valence-electron chi connectivity index (χ3n) is 6.98. The van der Waals surface area contributed by atoms with Crippen molar-refractivity contribution < 1.29 is 45.7 Å². The zero-order valence-corrected chi connectivity index (χ0v) is 23.9. The summed E-state index contributed by atoms with van der Waals surface area (Å²) in [7, 11) is 1.34. The van der Waals surface area contributed by atoms with E-state index in [-0.39, 0.29) is 33.9 Å². The lowest BCUT2D eigenvalue weighted by Crippen LogP contribution is -2.51. The fourth-order valence-electron chi connectivity index (χ4n) is 4.54. The summed E-state index contributed by atoms with van der Waals surface area (Å²) in [6.07, 6.45) is -5.42. The van der Waals surface area contributed by atoms with E-state index in [0.717, 1.165) is 29.5 Å². The molecule has 1 atom stereocenters. The predicted octanol–water partition coefficient (Wildman–Crippen LogP) is 6.02. The highest BCUT2D eigenvalue weighted by Gasteiger charge is 2.57. The minimum atomic E-state index is -5.42. The SMILES string of the molecule is COc1cc(C(=O)NC[C@](O)(c2cc3c(c(-c4ccc(F)cc4)n2)OCC3(CF)CF)C(F)(F)F)cc2sc(Br)nc12. The highest BCUT2D eigenvalue weighted by Crippen LogP contribution is 2.48. The standard InChI is InChI=1S/C27H20BrF6N3O4S/c1-40-17-6-14(7-18-21(17)37-24(28)42-18)23(38)35-11-26(39,27(32,33)34)19-8-16-22(41-12-25(16,9-29)10-30)20(36-19)13-2-4-15(31)5-3-13/h2-8,39H,9-12H2,1H3,(H,35,38)/t26-/m0/s1. The van der Waals surface area contributed by atoms with Crippen LogP contribution in [0.25, 0.3) is 21.5 Å². The lowest BCUT2D eigenvalue weighted by atomic mass is 9.82. The molecule has 0 saturated carbocycles. The monoisotopic (exact) mass is 675 g/mol. The molecule has 7 nitrogen and oxygen atoms in total. The quantitative estimate of drug-likeness (QED) is 0.222. The van der Waals surface area contributed by atoms with Gasteiger partial charge in [-0.3, -0.25) is 4.79 Å². The molecular weight excluding hydrogens is 656 g/mol. The Morgan fingerprint density at radius 3 is 2.48 bits per heavy atom. The average Bonchev–Trinajstić information content (AvgIpc) is 3.54. The largest absolute Gasteiger partial charge is 0.494 e. The van der Waals surface area contributed by atoms with E-state index < -0.39 is 61.1 Å². The number of carbonyl (C=O) groups is 1. The van der Waals surface area contributed by atoms with Crippen LogP contribution in [0.4, 0.5) is 26.3 Å². The van der Waals surface area contributed by atoms with Crippen LogP contribution in [0.1, 0.15) is 21.6 Å². The van der Waals surface area contributed by atoms with Gasteiger partial charge in [0.05, 0.1) is 29.5 Å². The maximum Gasteiger partial charge on any atom is 0.424 e. The number of aliphatic hydroxyl groups is 1. The number of nitrogens with zero attached hydrogens (tertiary/aromatic N) is 2. The first-order valence-electron chi connectivity index (χ1n) is 12.1. The van der Waals surface area contributed by atoms with Crippen molar-refractivity contribution >= 4 is 43.4 Å². The van der Waals surface area contributed by atoms with Crippen LogP contribution in [-0.2, 0) is 11.0 Å². The van der Waals surface area contributed by atoms with Gasteiger partial charge in [-0.1, -0.05) is 0 Å². The summed E-state index contributed by atoms with van der Waals surface area (Å²) in [5.41, 5.74) is -6.93. The van der Waals surface area contributed by atoms with E-state index in [4.69, 9.17) is 9.47 Å². The number of halogens is 7. The van der Waals surface area contributed by atoms with Gasteiger partial charge >= 0.3 is 6.18 Å². The van der Waals surface area contributed by atoms with Crippen molar-refractivity contribution in [1.29, 1.82) is 0 Å². The van der Waals surface area contributed by atoms with Gasteiger partial charge in [0.1, 0.15) is 48.5 Å². The van der Waals surface area contributed by atoms with E-state index in [9.17, 15) is 36.2 Å². The zero-order valence-electron chi connectivity index (χ0n) is 21.5. The molecule has 3 heterocycles. The van der Waals surface area contributed by atoms with Gasteiger partial charge in [-0.2, -0.15) is 13.2 Å². The van der Waals surface area contributed by atoms with Crippen LogP contribution in [0, 0.1) is 5.82 Å². The minimum Gasteiger partial charge on any atom is -0.494 e. The summed E-state index contributed by atoms with van der Waals surface area (Å²) in [5, 5.41) is 13.2. The second-order valence-corrected chi connectivity index (χ2v) is 11.9. The number of amides is 1. The number of aromatic nitrogens is 2. The molecule has 222 valence electrons. The van der Waals surface area contributed by atoms with Crippen LogP contribution in [0.5, 0.6) is 11.5 Å². The highest BCUT2D eigenvalue weighted by molar-refractivity contribution is 9.11. The summed E-state index contributed by atoms with van der Waals surface area (Å²) in [6.45, 7) is -4.58. The molecule has 15 heteroatoms. The molecule has 0 bridgehead atoms. The van der Waals surface area contributed by atoms with Crippen molar-refractivity contribution in [1.82, 2.24) is 15.3 Å². The van der Waals surface area contributed by atoms with E-state index in [1.54, 1.807) is 0 Å². The summed E-state index contributed by atoms with van der Waals surface area (Å²) < 4.78 is 97.3. The first-order valence-corrected chi connectivity index (χ1v) is 13.7. The lowest BCUT2D eigenvalue weighted by Gasteiger charge is -2.31. The number of alkyl halides is 5. The average molecular weight is 676 g/mol. The Kier molecular flexibility index (Phi) is 7.87. The summed E-state index contributed by atoms with van der Waals surface area (Å²) in [6, 6.07) is 7.86. The van der Waals surface area contributed by atoms with Gasteiger partial charge in [0, 0.05) is 16.7 Å². The molecule has 0 aliphatic carbocycles. The molecule has 5 rings (SSSR count). The van der Waals surface area contributed by atoms with Gasteiger partial charge in [-0.05, 0) is 58.4 Å². The highest BCUT2D eigenvalue weighted by atomic mass is 79.9. The second kappa shape index (κ2) is 11.0. The van der Waals surface area contributed by atoms with Crippen molar-refractivity contribution in [3.8, 4) is 22.8 Å². The Balaban J connectivity index is 1.58. The van der Waals surface area contributed by atoms with Crippen molar-refractivity contribution in [2.24, 2.45) is 0 Å². The molecular formula is C27H20BrF6N3O4S. The molecule has 0 spiro atoms. The Morgan fingerprint density at radius 2 is 1.86 bits per heavy atom. The number of rotatable bonds is 8. The number of pyridine rings is 1. The van der Waals surface area contributed by atoms with Crippen LogP contribution in [0.2, 0.25) is 0 Å². The number of nitrogens with one attached hydrogen (secondary N) is 1. The number of hydrogen-bond acceptors (Lipinski definition) is 7. The van der Waals surface area contributed by atoms with Gasteiger partial charge < -0.3 is 19.9 Å². The number of carbonyl (C=O) groups excluding carboxylic acids is 1. The Bertz CT molecular complexity index is 1660. The lowest BCUT2D eigenvalue weighted by molar-refractivity contribution is -0.265. The van der Waals surface area contributed by atoms with Crippen molar-refractivity contribution in [3.05, 3.63) is 69.0 Å². The van der Waals surface area contributed by atoms with E-state index in [1.165, 1.54) is 31.4 Å². The Hall–Kier alpha value is -3.43. The third-order valence-corrected chi connectivity index (χ3v) is 8.43. The number of benzene rings is 2. The van der Waals surface area contributed by atoms with Gasteiger partial charge in [0.2, 0.25) is 5.60 Å². The van der Waals surface area contributed by atoms with Gasteiger partial charge in [0.25, 0.3) is 5.91 Å². The Morgan fingerprint density at radius 1 is 1.17 bits per heavy atom. The molecule has 4 aromatic rings. The second-order valence-electron chi connectivity index (χ2n) is 9.61. The summed E-state index contributed by atoms with van der Waals surface area (Å²) in [5.74, 6) is -1.62. The number of ether oxygens (including phenoxy) is 2. The van der Waals surface area contributed by atoms with E-state index in [0.29, 0.717) is 14.1 Å². The molecule has 42 heavy (non-hydrogen) atoms. The molecule has 0 radical (unpaired) electrons. The minimum absolute atomic E-state index is 0.0730. The summed E-state index contributed by atoms with van der Waals surface area (Å²) in [4.78, 5) is 21.2. The fraction of sp³-hybridized carbons (Fsp3) is 0.296. The Labute approximate surface area is 246 Å². The smallest absolute Gasteiger partial charge is 0.424 e. The molecule has 1 amide bonds. The van der Waals surface area contributed by atoms with E-state index in [1.807, 2.05) is 0 Å². The van der Waals surface area contributed by atoms with Crippen molar-refractivity contribution in [2.45, 2.75) is 17.2 Å². The maximum absolute atomic E-state index is 14.6. The molecule has 2 aromatic heterocycles. The molecule has 2 aromatic carbocycles. The first-order chi connectivity index (χ1) is 19.9. The number of methoxy groups -OCH3 is 1. The van der Waals surface area contributed by atoms with Gasteiger partial charge in [-0.15, -0.1) is 11.3 Å². The van der Waals surface area contributed by atoms with E-state index in [2.05, 4.69) is 31.2 Å². The summed E-state index contributed by atoms with van der Waals surface area (Å²) >= 11 is 4.39. The molecule has 2 N–H and O–H groups in total. The van der Waals surface area contributed by atoms with Crippen LogP contribution in [-0.4, -0.2) is 60.8 Å². The van der Waals surface area contributed by atoms with Crippen molar-refractivity contribution in [3.63, 3.8) is 0 Å². The predicted molar refractivity (Wildman–Crippen MR) is 145 cm³/mol. The van der Waals surface area contributed by atoms with Gasteiger partial charge in [-0.25, -0.2) is 23.1 Å². The number of thiazole rings is 1. The van der Waals surface area contributed by atoms with Crippen LogP contribution < -0.4 is 14.8 Å². The zero-order chi connectivity index (χ0) is 30.4. The van der Waals surface area contributed by atoms with Crippen LogP contribution in [0.3, 0.4) is 0 Å². The molecule has 0 saturated heterocycles. The van der Waals surface area contributed by atoms with Crippen LogP contribution >= 0.6 is 27.3 Å². The van der Waals surface area contributed by atoms with E-state index >= 15 is 0 Å². The van der Waals surface area contributed by atoms with Crippen LogP contribution in [0.15, 0.2) is 46.4 Å². The third kappa shape index (κ3) is 5.07. The van der Waals surface area contributed by atoms with Gasteiger partial charge in [0.15, 0.2) is 3.92 Å². The number of hydrogen-bond donors (Lipinski definition) is 2. The number of fused-ring (bicyclic) bond motifs is 2. The molecule has 0 unspecified atom stereocenters. The molecule has 0 fully saturated rings.